The molecule has 9 nitrogen and oxygen atoms in total. The van der Waals surface area contributed by atoms with Crippen LogP contribution in [-0.4, -0.2) is 60.3 Å². The van der Waals surface area contributed by atoms with Gasteiger partial charge in [-0.05, 0) is 48.3 Å². The fourth-order valence-corrected chi connectivity index (χ4v) is 4.73. The van der Waals surface area contributed by atoms with E-state index in [2.05, 4.69) is 45.1 Å². The summed E-state index contributed by atoms with van der Waals surface area (Å²) >= 11 is 0. The van der Waals surface area contributed by atoms with Crippen molar-refractivity contribution >= 4 is 23.7 Å². The molecule has 0 aromatic heterocycles. The summed E-state index contributed by atoms with van der Waals surface area (Å²) in [6, 6.07) is 15.8. The molecule has 3 rings (SSSR count). The van der Waals surface area contributed by atoms with E-state index in [-0.39, 0.29) is 18.9 Å². The van der Waals surface area contributed by atoms with Crippen LogP contribution >= 0.6 is 0 Å². The van der Waals surface area contributed by atoms with E-state index in [1.807, 2.05) is 44.2 Å². The lowest BCUT2D eigenvalue weighted by Crippen LogP contribution is -2.54. The Hall–Kier alpha value is -3.72. The van der Waals surface area contributed by atoms with Crippen molar-refractivity contribution in [3.05, 3.63) is 71.3 Å². The molecule has 0 fully saturated rings. The second-order valence-electron chi connectivity index (χ2n) is 10.6. The van der Waals surface area contributed by atoms with E-state index in [1.54, 1.807) is 6.92 Å². The highest BCUT2D eigenvalue weighted by Gasteiger charge is 2.29. The van der Waals surface area contributed by atoms with Crippen LogP contribution in [0, 0.1) is 5.92 Å². The highest BCUT2D eigenvalue weighted by Crippen LogP contribution is 2.18. The predicted molar refractivity (Wildman–Crippen MR) is 153 cm³/mol. The summed E-state index contributed by atoms with van der Waals surface area (Å²) < 4.78 is 5.26. The third-order valence-corrected chi connectivity index (χ3v) is 6.94. The summed E-state index contributed by atoms with van der Waals surface area (Å²) in [4.78, 5) is 53.2. The molecule has 0 radical (unpaired) electrons. The van der Waals surface area contributed by atoms with E-state index < -0.39 is 35.8 Å². The van der Waals surface area contributed by atoms with Crippen molar-refractivity contribution in [2.24, 2.45) is 5.92 Å². The van der Waals surface area contributed by atoms with Gasteiger partial charge in [0.05, 0.1) is 6.04 Å². The molecule has 1 aliphatic rings. The Morgan fingerprint density at radius 1 is 0.925 bits per heavy atom. The molecule has 1 aliphatic heterocycles. The highest BCUT2D eigenvalue weighted by atomic mass is 16.5. The molecule has 0 saturated heterocycles. The number of nitrogens with zero attached hydrogens (tertiary/aromatic N) is 1. The average molecular weight is 551 g/mol. The second-order valence-corrected chi connectivity index (χ2v) is 10.6. The van der Waals surface area contributed by atoms with Crippen LogP contribution in [0.5, 0.6) is 0 Å². The molecule has 0 spiro atoms. The van der Waals surface area contributed by atoms with Crippen molar-refractivity contribution in [2.45, 2.75) is 71.7 Å². The van der Waals surface area contributed by atoms with Crippen molar-refractivity contribution in [1.82, 2.24) is 20.9 Å². The van der Waals surface area contributed by atoms with Gasteiger partial charge in [-0.3, -0.25) is 19.3 Å². The number of ketones is 1. The first-order valence-electron chi connectivity index (χ1n) is 14.2. The van der Waals surface area contributed by atoms with Gasteiger partial charge >= 0.3 is 6.09 Å². The maximum atomic E-state index is 13.0. The van der Waals surface area contributed by atoms with Crippen molar-refractivity contribution in [3.63, 3.8) is 0 Å². The molecule has 2 aromatic carbocycles. The van der Waals surface area contributed by atoms with Gasteiger partial charge in [0.25, 0.3) is 5.91 Å². The summed E-state index contributed by atoms with van der Waals surface area (Å²) in [5.41, 5.74) is 3.55. The Kier molecular flexibility index (Phi) is 12.1. The number of amides is 3. The van der Waals surface area contributed by atoms with Crippen LogP contribution in [-0.2, 0) is 38.7 Å². The lowest BCUT2D eigenvalue weighted by Gasteiger charge is -2.28. The van der Waals surface area contributed by atoms with Gasteiger partial charge in [0.1, 0.15) is 12.6 Å². The average Bonchev–Trinajstić information content (AvgIpc) is 2.96. The number of alkyl carbamates (subject to hydrolysis) is 1. The number of ether oxygens (including phenoxy) is 1. The number of fused-ring (bicyclic) bond motifs is 1. The number of Topliss-reactive ketones (excluding diaryl/α,β-unsaturated/α-hetero) is 1. The largest absolute Gasteiger partial charge is 0.445 e. The Labute approximate surface area is 237 Å². The van der Waals surface area contributed by atoms with E-state index >= 15 is 0 Å². The van der Waals surface area contributed by atoms with E-state index in [1.165, 1.54) is 11.1 Å². The fraction of sp³-hybridized carbons (Fsp3) is 0.484. The van der Waals surface area contributed by atoms with Crippen LogP contribution in [0.4, 0.5) is 4.79 Å². The zero-order valence-electron chi connectivity index (χ0n) is 23.8. The number of nitrogens with one attached hydrogen (secondary N) is 3. The standard InChI is InChI=1S/C31H42N4O5/c1-4-26(28(36)30(38)32-16-10-17-35-18-15-24-13-8-9-14-25(24)20-35)33-29(37)27(19-22(2)3)34-31(39)40-21-23-11-6-5-7-12-23/h5-9,11-14,22,26-27H,4,10,15-21H2,1-3H3,(H,32,38)(H,33,37)(H,34,39)/t26?,27-/m0/s1. The third-order valence-electron chi connectivity index (χ3n) is 6.94. The van der Waals surface area contributed by atoms with Crippen LogP contribution in [0.3, 0.4) is 0 Å². The third kappa shape index (κ3) is 9.79. The van der Waals surface area contributed by atoms with Crippen LogP contribution < -0.4 is 16.0 Å². The van der Waals surface area contributed by atoms with Crippen molar-refractivity contribution in [2.75, 3.05) is 19.6 Å². The van der Waals surface area contributed by atoms with E-state index in [0.717, 1.165) is 38.0 Å². The number of rotatable bonds is 14. The van der Waals surface area contributed by atoms with Crippen LogP contribution in [0.15, 0.2) is 54.6 Å². The number of hydrogen-bond acceptors (Lipinski definition) is 6. The Bertz CT molecular complexity index is 1140. The quantitative estimate of drug-likeness (QED) is 0.245. The maximum Gasteiger partial charge on any atom is 0.408 e. The molecule has 40 heavy (non-hydrogen) atoms. The molecule has 3 N–H and O–H groups in total. The SMILES string of the molecule is CCC(NC(=O)[C@H](CC(C)C)NC(=O)OCc1ccccc1)C(=O)C(=O)NCCCN1CCc2ccccc2C1. The number of hydrogen-bond donors (Lipinski definition) is 3. The van der Waals surface area contributed by atoms with Crippen molar-refractivity contribution < 1.29 is 23.9 Å². The minimum absolute atomic E-state index is 0.0734. The van der Waals surface area contributed by atoms with Gasteiger partial charge in [-0.25, -0.2) is 4.79 Å². The summed E-state index contributed by atoms with van der Waals surface area (Å²) in [7, 11) is 0. The summed E-state index contributed by atoms with van der Waals surface area (Å²) in [5, 5.41) is 7.96. The first kappa shape index (κ1) is 30.8. The van der Waals surface area contributed by atoms with Crippen molar-refractivity contribution in [3.8, 4) is 0 Å². The summed E-state index contributed by atoms with van der Waals surface area (Å²) in [6.07, 6.45) is 1.60. The molecule has 9 heteroatoms. The lowest BCUT2D eigenvalue weighted by molar-refractivity contribution is -0.140. The summed E-state index contributed by atoms with van der Waals surface area (Å²) in [5.74, 6) is -1.84. The molecule has 1 heterocycles. The topological polar surface area (TPSA) is 117 Å². The monoisotopic (exact) mass is 550 g/mol. The highest BCUT2D eigenvalue weighted by molar-refractivity contribution is 6.38. The molecule has 0 aliphatic carbocycles. The Morgan fingerprint density at radius 3 is 2.33 bits per heavy atom. The molecular formula is C31H42N4O5. The minimum atomic E-state index is -0.983. The first-order valence-corrected chi connectivity index (χ1v) is 14.2. The van der Waals surface area contributed by atoms with E-state index in [0.29, 0.717) is 13.0 Å². The zero-order valence-corrected chi connectivity index (χ0v) is 23.8. The smallest absolute Gasteiger partial charge is 0.408 e. The predicted octanol–water partition coefficient (Wildman–Crippen LogP) is 3.36. The van der Waals surface area contributed by atoms with Gasteiger partial charge in [0.2, 0.25) is 11.7 Å². The maximum absolute atomic E-state index is 13.0. The van der Waals surface area contributed by atoms with Gasteiger partial charge in [0.15, 0.2) is 0 Å². The lowest BCUT2D eigenvalue weighted by atomic mass is 10.00. The molecule has 216 valence electrons. The normalized spacial score (nSPS) is 14.5. The molecule has 2 atom stereocenters. The fourth-order valence-electron chi connectivity index (χ4n) is 4.73. The summed E-state index contributed by atoms with van der Waals surface area (Å²) in [6.45, 7) is 8.70. The van der Waals surface area contributed by atoms with Crippen molar-refractivity contribution in [1.29, 1.82) is 0 Å². The molecule has 0 saturated carbocycles. The van der Waals surface area contributed by atoms with Gasteiger partial charge in [0, 0.05) is 26.2 Å². The zero-order chi connectivity index (χ0) is 28.9. The Morgan fingerprint density at radius 2 is 1.62 bits per heavy atom. The van der Waals surface area contributed by atoms with Crippen LogP contribution in [0.1, 0.15) is 56.7 Å². The van der Waals surface area contributed by atoms with Gasteiger partial charge in [-0.2, -0.15) is 0 Å². The molecule has 2 aromatic rings. The molecule has 3 amide bonds. The van der Waals surface area contributed by atoms with Gasteiger partial charge in [-0.15, -0.1) is 0 Å². The second kappa shape index (κ2) is 15.8. The first-order chi connectivity index (χ1) is 19.3. The van der Waals surface area contributed by atoms with Gasteiger partial charge in [-0.1, -0.05) is 75.4 Å². The van der Waals surface area contributed by atoms with Crippen LogP contribution in [0.25, 0.3) is 0 Å². The van der Waals surface area contributed by atoms with Crippen LogP contribution in [0.2, 0.25) is 0 Å². The van der Waals surface area contributed by atoms with Gasteiger partial charge < -0.3 is 20.7 Å². The molecule has 0 bridgehead atoms. The molecule has 1 unspecified atom stereocenters. The number of carbonyl (C=O) groups is 4. The molecular weight excluding hydrogens is 508 g/mol. The number of benzene rings is 2. The number of carbonyl (C=O) groups excluding carboxylic acids is 4. The Balaban J connectivity index is 1.44. The van der Waals surface area contributed by atoms with E-state index in [4.69, 9.17) is 4.74 Å². The minimum Gasteiger partial charge on any atom is -0.445 e. The van der Waals surface area contributed by atoms with E-state index in [9.17, 15) is 19.2 Å².